The summed E-state index contributed by atoms with van der Waals surface area (Å²) in [5.41, 5.74) is 36.9. The van der Waals surface area contributed by atoms with Gasteiger partial charge >= 0.3 is 507 Å². The number of anilines is 12. The van der Waals surface area contributed by atoms with Gasteiger partial charge in [0.05, 0.1) is 0 Å². The summed E-state index contributed by atoms with van der Waals surface area (Å²) in [5, 5.41) is 0. The van der Waals surface area contributed by atoms with E-state index in [-0.39, 0.29) is 38.8 Å². The van der Waals surface area contributed by atoms with Gasteiger partial charge in [-0.15, -0.1) is 0 Å². The van der Waals surface area contributed by atoms with Crippen LogP contribution in [0.15, 0.2) is 303 Å². The standard InChI is InChI=1S/C90H68B2N4Se/c1-89(2,3)67-44-48-75-74(55-67)92-73-47-46-72-83-84(73)96(79-42-25-39-76(82(79)92)93(75)69-51-63(57-27-13-7-14-28-57)49-64(52-69)58-29-15-8-16-30-58)86-85(87(61-35-21-11-22-36-61)97-88(86)62-37-23-12-24-38-62)95(83)78-41-26-40-77-81(78)91(72)71-45-43-68(90(4,5)6)56-80(71)94(77)70-53-65(59-31-17-9-18-32-59)50-66(54-70)60-33-19-10-20-34-60/h7-56H,1-6H3. The molecule has 5 aliphatic heterocycles. The first-order chi connectivity index (χ1) is 47.4. The van der Waals surface area contributed by atoms with Crippen LogP contribution in [0.25, 0.3) is 64.5 Å². The van der Waals surface area contributed by atoms with Gasteiger partial charge in [0.1, 0.15) is 0 Å². The molecule has 6 heterocycles. The molecule has 97 heavy (non-hydrogen) atoms. The van der Waals surface area contributed by atoms with Crippen LogP contribution in [-0.4, -0.2) is 27.9 Å². The first kappa shape index (κ1) is 57.6. The predicted molar refractivity (Wildman–Crippen MR) is 415 cm³/mol. The van der Waals surface area contributed by atoms with Crippen LogP contribution in [-0.2, 0) is 10.8 Å². The zero-order valence-corrected chi connectivity index (χ0v) is 56.9. The van der Waals surface area contributed by atoms with Gasteiger partial charge in [-0.25, -0.2) is 0 Å². The molecule has 4 nitrogen and oxygen atoms in total. The van der Waals surface area contributed by atoms with E-state index in [1.807, 2.05) is 0 Å². The van der Waals surface area contributed by atoms with Crippen molar-refractivity contribution < 1.29 is 0 Å². The maximum atomic E-state index is 2.79. The van der Waals surface area contributed by atoms with E-state index >= 15 is 0 Å². The monoisotopic (exact) mass is 1310 g/mol. The van der Waals surface area contributed by atoms with E-state index in [1.54, 1.807) is 0 Å². The van der Waals surface area contributed by atoms with Gasteiger partial charge in [-0.3, -0.25) is 0 Å². The van der Waals surface area contributed by atoms with E-state index in [1.165, 1.54) is 165 Å². The molecule has 5 aliphatic rings. The third-order valence-electron chi connectivity index (χ3n) is 21.0. The molecule has 13 aromatic carbocycles. The molecule has 7 heteroatoms. The molecule has 1 aromatic heterocycles. The Labute approximate surface area is 576 Å². The fraction of sp³-hybridized carbons (Fsp3) is 0.0889. The third-order valence-corrected chi connectivity index (χ3v) is 23.7. The number of hydrogen-bond donors (Lipinski definition) is 0. The van der Waals surface area contributed by atoms with E-state index in [0.717, 1.165) is 11.4 Å². The molecular weight excluding hydrogens is 1240 g/mol. The van der Waals surface area contributed by atoms with Crippen molar-refractivity contribution in [1.82, 2.24) is 0 Å². The Kier molecular flexibility index (Phi) is 13.0. The molecule has 0 N–H and O–H groups in total. The SMILES string of the molecule is CC(C)(C)c1ccc2c(c1)B1c3ccc4c5c3N(c3cccc(c31)N2c1cc(-c2ccccc2)cc(-c2ccccc2)c1)c1c(-c2ccccc2)[se]c(-c2ccccc2)c1N5c1cccc2c1B4c1ccc(C(C)(C)C)cc1N2c1cc(-c2ccccc2)cc(-c2ccccc2)c1. The summed E-state index contributed by atoms with van der Waals surface area (Å²) in [5.74, 6) is 0. The zero-order valence-electron chi connectivity index (χ0n) is 55.2. The molecule has 0 radical (unpaired) electrons. The Morgan fingerprint density at radius 2 is 0.567 bits per heavy atom. The molecule has 14 aromatic rings. The topological polar surface area (TPSA) is 13.0 Å². The number of benzene rings is 13. The van der Waals surface area contributed by atoms with Crippen LogP contribution >= 0.6 is 0 Å². The number of nitrogens with zero attached hydrogens (tertiary/aromatic N) is 4. The fourth-order valence-electron chi connectivity index (χ4n) is 16.5. The summed E-state index contributed by atoms with van der Waals surface area (Å²) in [6, 6.07) is 115. The van der Waals surface area contributed by atoms with Crippen molar-refractivity contribution in [1.29, 1.82) is 0 Å². The van der Waals surface area contributed by atoms with Gasteiger partial charge in [0, 0.05) is 0 Å². The number of rotatable bonds is 8. The second kappa shape index (κ2) is 21.9. The van der Waals surface area contributed by atoms with Crippen LogP contribution in [0.3, 0.4) is 0 Å². The number of fused-ring (bicyclic) bond motifs is 11. The molecule has 0 amide bonds. The van der Waals surface area contributed by atoms with Crippen molar-refractivity contribution in [2.75, 3.05) is 19.6 Å². The number of hydrogen-bond acceptors (Lipinski definition) is 4. The summed E-state index contributed by atoms with van der Waals surface area (Å²) < 4.78 is 2.76. The average Bonchev–Trinajstić information content (AvgIpc) is 1.66. The van der Waals surface area contributed by atoms with E-state index in [2.05, 4.69) is 364 Å². The Hall–Kier alpha value is -10.8. The van der Waals surface area contributed by atoms with Crippen LogP contribution in [0.1, 0.15) is 52.7 Å². The summed E-state index contributed by atoms with van der Waals surface area (Å²) >= 11 is -0.132. The van der Waals surface area contributed by atoms with Gasteiger partial charge in [0.15, 0.2) is 0 Å². The van der Waals surface area contributed by atoms with Gasteiger partial charge < -0.3 is 0 Å². The molecule has 0 saturated heterocycles. The summed E-state index contributed by atoms with van der Waals surface area (Å²) in [4.78, 5) is 10.8. The van der Waals surface area contributed by atoms with E-state index in [4.69, 9.17) is 0 Å². The van der Waals surface area contributed by atoms with Crippen molar-refractivity contribution in [3.8, 4) is 64.5 Å². The normalized spacial score (nSPS) is 13.5. The summed E-state index contributed by atoms with van der Waals surface area (Å²) in [6.45, 7) is 14.0. The average molecular weight is 1310 g/mol. The van der Waals surface area contributed by atoms with E-state index < -0.39 is 0 Å². The predicted octanol–water partition coefficient (Wildman–Crippen LogP) is 19.8. The van der Waals surface area contributed by atoms with Crippen molar-refractivity contribution in [2.24, 2.45) is 0 Å². The molecule has 0 bridgehead atoms. The third kappa shape index (κ3) is 8.98. The first-order valence-electron chi connectivity index (χ1n) is 34.1. The molecule has 460 valence electrons. The van der Waals surface area contributed by atoms with Crippen LogP contribution in [0.5, 0.6) is 0 Å². The van der Waals surface area contributed by atoms with Crippen molar-refractivity contribution in [3.63, 3.8) is 0 Å². The Bertz CT molecular complexity index is 5390. The molecule has 0 spiro atoms. The Balaban J connectivity index is 0.918. The Morgan fingerprint density at radius 1 is 0.237 bits per heavy atom. The zero-order chi connectivity index (χ0) is 65.0. The second-order valence-electron chi connectivity index (χ2n) is 28.8. The first-order valence-corrected chi connectivity index (χ1v) is 35.8. The molecule has 0 aliphatic carbocycles. The minimum atomic E-state index is -0.132. The molecular formula is C90H68B2N4Se. The summed E-state index contributed by atoms with van der Waals surface area (Å²) in [6.07, 6.45) is 0. The van der Waals surface area contributed by atoms with Gasteiger partial charge in [0.2, 0.25) is 0 Å². The molecule has 0 atom stereocenters. The van der Waals surface area contributed by atoms with Gasteiger partial charge in [-0.2, -0.15) is 0 Å². The van der Waals surface area contributed by atoms with Crippen LogP contribution in [0.2, 0.25) is 0 Å². The maximum absolute atomic E-state index is 2.79. The van der Waals surface area contributed by atoms with Crippen molar-refractivity contribution in [2.45, 2.75) is 52.4 Å². The van der Waals surface area contributed by atoms with Gasteiger partial charge in [0.25, 0.3) is 0 Å². The van der Waals surface area contributed by atoms with Crippen LogP contribution in [0, 0.1) is 0 Å². The fourth-order valence-corrected chi connectivity index (χ4v) is 19.1. The molecule has 0 fully saturated rings. The van der Waals surface area contributed by atoms with Crippen LogP contribution < -0.4 is 52.4 Å². The molecule has 0 unspecified atom stereocenters. The van der Waals surface area contributed by atoms with Crippen LogP contribution in [0.4, 0.5) is 68.2 Å². The quantitative estimate of drug-likeness (QED) is 0.141. The van der Waals surface area contributed by atoms with Crippen molar-refractivity contribution >= 4 is 129 Å². The molecule has 19 rings (SSSR count). The minimum absolute atomic E-state index is 0.104. The molecule has 0 saturated carbocycles. The Morgan fingerprint density at radius 3 is 0.959 bits per heavy atom. The van der Waals surface area contributed by atoms with E-state index in [9.17, 15) is 0 Å². The van der Waals surface area contributed by atoms with E-state index in [0.29, 0.717) is 0 Å². The van der Waals surface area contributed by atoms with Gasteiger partial charge in [-0.05, 0) is 0 Å². The van der Waals surface area contributed by atoms with Gasteiger partial charge in [-0.1, -0.05) is 72.8 Å². The second-order valence-corrected chi connectivity index (χ2v) is 30.9. The summed E-state index contributed by atoms with van der Waals surface area (Å²) in [7, 11) is 0. The van der Waals surface area contributed by atoms with Crippen molar-refractivity contribution in [3.05, 3.63) is 314 Å².